The molecule has 1 N–H and O–H groups in total. The van der Waals surface area contributed by atoms with Crippen molar-refractivity contribution in [2.75, 3.05) is 57.2 Å². The number of hydrogen-bond acceptors (Lipinski definition) is 7. The van der Waals surface area contributed by atoms with Crippen LogP contribution in [-0.2, 0) is 11.8 Å². The maximum Gasteiger partial charge on any atom is 0.268 e. The fraction of sp³-hybridized carbons (Fsp3) is 0.421. The second-order valence-electron chi connectivity index (χ2n) is 6.59. The number of amides is 1. The van der Waals surface area contributed by atoms with E-state index in [0.717, 1.165) is 31.9 Å². The van der Waals surface area contributed by atoms with Gasteiger partial charge < -0.3 is 19.7 Å². The SMILES string of the molecule is COc1cc(NC(=O)CN2CCN(c3cnn(C)c(=O)c3)CC2)cc(OC)c1. The predicted molar refractivity (Wildman–Crippen MR) is 106 cm³/mol. The molecule has 0 saturated carbocycles. The second kappa shape index (κ2) is 8.75. The molecular weight excluding hydrogens is 362 g/mol. The van der Waals surface area contributed by atoms with E-state index in [0.29, 0.717) is 23.7 Å². The van der Waals surface area contributed by atoms with Crippen LogP contribution in [0.25, 0.3) is 0 Å². The van der Waals surface area contributed by atoms with Crippen LogP contribution in [0.15, 0.2) is 35.3 Å². The standard InChI is InChI=1S/C19H25N5O4/c1-22-19(26)10-15(12-20-22)24-6-4-23(5-7-24)13-18(25)21-14-8-16(27-2)11-17(9-14)28-3/h8-12H,4-7,13H2,1-3H3,(H,21,25). The van der Waals surface area contributed by atoms with Crippen LogP contribution in [0.5, 0.6) is 11.5 Å². The van der Waals surface area contributed by atoms with Gasteiger partial charge in [-0.05, 0) is 0 Å². The molecule has 9 nitrogen and oxygen atoms in total. The number of methoxy groups -OCH3 is 2. The molecule has 9 heteroatoms. The number of piperazine rings is 1. The van der Waals surface area contributed by atoms with Gasteiger partial charge in [-0.1, -0.05) is 0 Å². The number of aromatic nitrogens is 2. The van der Waals surface area contributed by atoms with Gasteiger partial charge in [0.2, 0.25) is 5.91 Å². The smallest absolute Gasteiger partial charge is 0.268 e. The van der Waals surface area contributed by atoms with Gasteiger partial charge >= 0.3 is 0 Å². The molecule has 2 heterocycles. The number of benzene rings is 1. The lowest BCUT2D eigenvalue weighted by Gasteiger charge is -2.35. The van der Waals surface area contributed by atoms with Gasteiger partial charge in [-0.2, -0.15) is 5.10 Å². The van der Waals surface area contributed by atoms with Crippen molar-refractivity contribution in [3.63, 3.8) is 0 Å². The van der Waals surface area contributed by atoms with E-state index in [2.05, 4.69) is 20.2 Å². The minimum atomic E-state index is -0.131. The Kier molecular flexibility index (Phi) is 6.15. The van der Waals surface area contributed by atoms with Crippen molar-refractivity contribution in [1.29, 1.82) is 0 Å². The molecule has 1 aromatic carbocycles. The van der Waals surface area contributed by atoms with Crippen molar-refractivity contribution in [3.8, 4) is 11.5 Å². The number of anilines is 2. The molecule has 150 valence electrons. The van der Waals surface area contributed by atoms with Crippen molar-refractivity contribution in [2.45, 2.75) is 0 Å². The first-order valence-electron chi connectivity index (χ1n) is 9.02. The van der Waals surface area contributed by atoms with Gasteiger partial charge in [0, 0.05) is 63.2 Å². The maximum atomic E-state index is 12.4. The summed E-state index contributed by atoms with van der Waals surface area (Å²) in [5.74, 6) is 1.13. The number of hydrogen-bond donors (Lipinski definition) is 1. The number of nitrogens with one attached hydrogen (secondary N) is 1. The Bertz CT molecular complexity index is 868. The molecule has 0 bridgehead atoms. The van der Waals surface area contributed by atoms with Crippen LogP contribution in [0.4, 0.5) is 11.4 Å². The quantitative estimate of drug-likeness (QED) is 0.775. The van der Waals surface area contributed by atoms with Crippen LogP contribution in [-0.4, -0.2) is 67.5 Å². The Balaban J connectivity index is 1.54. The monoisotopic (exact) mass is 387 g/mol. The van der Waals surface area contributed by atoms with Crippen LogP contribution >= 0.6 is 0 Å². The van der Waals surface area contributed by atoms with Gasteiger partial charge in [0.05, 0.1) is 32.6 Å². The highest BCUT2D eigenvalue weighted by molar-refractivity contribution is 5.92. The largest absolute Gasteiger partial charge is 0.497 e. The van der Waals surface area contributed by atoms with Crippen LogP contribution in [0, 0.1) is 0 Å². The Labute approximate surface area is 163 Å². The highest BCUT2D eigenvalue weighted by Gasteiger charge is 2.20. The Morgan fingerprint density at radius 1 is 1.07 bits per heavy atom. The lowest BCUT2D eigenvalue weighted by atomic mass is 10.2. The fourth-order valence-corrected chi connectivity index (χ4v) is 3.08. The molecule has 1 aromatic heterocycles. The summed E-state index contributed by atoms with van der Waals surface area (Å²) in [5.41, 5.74) is 1.31. The predicted octanol–water partition coefficient (Wildman–Crippen LogP) is 0.558. The lowest BCUT2D eigenvalue weighted by molar-refractivity contribution is -0.117. The third kappa shape index (κ3) is 4.80. The highest BCUT2D eigenvalue weighted by Crippen LogP contribution is 2.25. The molecular formula is C19H25N5O4. The molecule has 28 heavy (non-hydrogen) atoms. The second-order valence-corrected chi connectivity index (χ2v) is 6.59. The molecule has 0 atom stereocenters. The molecule has 1 aliphatic heterocycles. The highest BCUT2D eigenvalue weighted by atomic mass is 16.5. The van der Waals surface area contributed by atoms with Gasteiger partial charge in [0.25, 0.3) is 5.56 Å². The van der Waals surface area contributed by atoms with E-state index in [1.165, 1.54) is 4.68 Å². The number of nitrogens with zero attached hydrogens (tertiary/aromatic N) is 4. The summed E-state index contributed by atoms with van der Waals surface area (Å²) in [6.07, 6.45) is 1.69. The number of aryl methyl sites for hydroxylation is 1. The molecule has 0 aliphatic carbocycles. The Hall–Kier alpha value is -3.07. The summed E-state index contributed by atoms with van der Waals surface area (Å²) >= 11 is 0. The van der Waals surface area contributed by atoms with E-state index in [9.17, 15) is 9.59 Å². The first kappa shape index (κ1) is 19.7. The van der Waals surface area contributed by atoms with Gasteiger partial charge in [-0.3, -0.25) is 14.5 Å². The van der Waals surface area contributed by atoms with E-state index in [1.54, 1.807) is 51.7 Å². The number of carbonyl (C=O) groups excluding carboxylic acids is 1. The van der Waals surface area contributed by atoms with E-state index in [1.807, 2.05) is 0 Å². The molecule has 1 fully saturated rings. The fourth-order valence-electron chi connectivity index (χ4n) is 3.08. The Morgan fingerprint density at radius 2 is 1.71 bits per heavy atom. The first-order chi connectivity index (χ1) is 13.5. The summed E-state index contributed by atoms with van der Waals surface area (Å²) in [4.78, 5) is 28.3. The van der Waals surface area contributed by atoms with Crippen LogP contribution in [0.1, 0.15) is 0 Å². The summed E-state index contributed by atoms with van der Waals surface area (Å²) in [7, 11) is 4.76. The first-order valence-corrected chi connectivity index (χ1v) is 9.02. The molecule has 0 radical (unpaired) electrons. The van der Waals surface area contributed by atoms with E-state index in [4.69, 9.17) is 9.47 Å². The zero-order chi connectivity index (χ0) is 20.1. The molecule has 2 aromatic rings. The third-order valence-corrected chi connectivity index (χ3v) is 4.69. The maximum absolute atomic E-state index is 12.4. The Morgan fingerprint density at radius 3 is 2.29 bits per heavy atom. The van der Waals surface area contributed by atoms with Crippen LogP contribution in [0.3, 0.4) is 0 Å². The molecule has 1 aliphatic rings. The lowest BCUT2D eigenvalue weighted by Crippen LogP contribution is -2.49. The van der Waals surface area contributed by atoms with E-state index in [-0.39, 0.29) is 11.5 Å². The topological polar surface area (TPSA) is 88.9 Å². The summed E-state index contributed by atoms with van der Waals surface area (Å²) in [5, 5.41) is 6.95. The number of rotatable bonds is 6. The van der Waals surface area contributed by atoms with Crippen molar-refractivity contribution in [3.05, 3.63) is 40.8 Å². The van der Waals surface area contributed by atoms with Crippen LogP contribution in [0.2, 0.25) is 0 Å². The molecule has 1 saturated heterocycles. The average Bonchev–Trinajstić information content (AvgIpc) is 2.70. The van der Waals surface area contributed by atoms with Gasteiger partial charge in [0.1, 0.15) is 11.5 Å². The van der Waals surface area contributed by atoms with Gasteiger partial charge in [0.15, 0.2) is 0 Å². The summed E-state index contributed by atoms with van der Waals surface area (Å²) in [6.45, 7) is 3.21. The molecule has 1 amide bonds. The molecule has 0 unspecified atom stereocenters. The summed E-state index contributed by atoms with van der Waals surface area (Å²) < 4.78 is 11.7. The van der Waals surface area contributed by atoms with Gasteiger partial charge in [-0.25, -0.2) is 4.68 Å². The van der Waals surface area contributed by atoms with Crippen LogP contribution < -0.4 is 25.2 Å². The third-order valence-electron chi connectivity index (χ3n) is 4.69. The summed E-state index contributed by atoms with van der Waals surface area (Å²) in [6, 6.07) is 6.84. The molecule has 3 rings (SSSR count). The number of ether oxygens (including phenoxy) is 2. The van der Waals surface area contributed by atoms with Crippen molar-refractivity contribution in [1.82, 2.24) is 14.7 Å². The zero-order valence-corrected chi connectivity index (χ0v) is 16.3. The number of carbonyl (C=O) groups is 1. The minimum Gasteiger partial charge on any atom is -0.497 e. The minimum absolute atomic E-state index is 0.0981. The van der Waals surface area contributed by atoms with E-state index >= 15 is 0 Å². The normalized spacial score (nSPS) is 14.6. The van der Waals surface area contributed by atoms with Crippen molar-refractivity contribution in [2.24, 2.45) is 7.05 Å². The molecule has 0 spiro atoms. The van der Waals surface area contributed by atoms with E-state index < -0.39 is 0 Å². The average molecular weight is 387 g/mol. The zero-order valence-electron chi connectivity index (χ0n) is 16.3. The van der Waals surface area contributed by atoms with Gasteiger partial charge in [-0.15, -0.1) is 0 Å². The van der Waals surface area contributed by atoms with Crippen molar-refractivity contribution < 1.29 is 14.3 Å². The van der Waals surface area contributed by atoms with Crippen molar-refractivity contribution >= 4 is 17.3 Å².